The van der Waals surface area contributed by atoms with Gasteiger partial charge in [0.15, 0.2) is 0 Å². The topological polar surface area (TPSA) is 94.7 Å². The number of aromatic nitrogens is 1. The highest BCUT2D eigenvalue weighted by Crippen LogP contribution is 2.45. The van der Waals surface area contributed by atoms with Crippen molar-refractivity contribution in [2.75, 3.05) is 16.8 Å². The molecule has 1 saturated heterocycles. The predicted molar refractivity (Wildman–Crippen MR) is 166 cm³/mol. The van der Waals surface area contributed by atoms with E-state index in [0.29, 0.717) is 29.5 Å². The number of amides is 4. The Morgan fingerprint density at radius 3 is 2.53 bits per heavy atom. The van der Waals surface area contributed by atoms with E-state index in [9.17, 15) is 14.4 Å². The molecule has 2 aliphatic heterocycles. The molecule has 1 aromatic heterocycles. The SMILES string of the molecule is CCOc1ccc(NC(=O)c2ccccc2N2C(=O)[C@@H]3Cc4c([nH]c5ccccc45)[C@H](c4cccc(Cl)c4)N3C2=O)cc1. The van der Waals surface area contributed by atoms with Gasteiger partial charge in [0.1, 0.15) is 17.8 Å². The van der Waals surface area contributed by atoms with Gasteiger partial charge in [-0.05, 0) is 72.6 Å². The zero-order valence-corrected chi connectivity index (χ0v) is 24.0. The van der Waals surface area contributed by atoms with Gasteiger partial charge in [0, 0.05) is 33.7 Å². The van der Waals surface area contributed by atoms with Gasteiger partial charge in [0.25, 0.3) is 11.8 Å². The fourth-order valence-electron chi connectivity index (χ4n) is 6.18. The number of para-hydroxylation sites is 2. The van der Waals surface area contributed by atoms with Gasteiger partial charge in [-0.15, -0.1) is 0 Å². The van der Waals surface area contributed by atoms with E-state index in [1.807, 2.05) is 49.4 Å². The average molecular weight is 591 g/mol. The molecule has 2 aliphatic rings. The fourth-order valence-corrected chi connectivity index (χ4v) is 6.38. The number of rotatable bonds is 6. The molecule has 0 unspecified atom stereocenters. The molecule has 0 spiro atoms. The van der Waals surface area contributed by atoms with Crippen LogP contribution in [0, 0.1) is 0 Å². The fraction of sp³-hybridized carbons (Fsp3) is 0.147. The Kier molecular flexibility index (Phi) is 6.63. The van der Waals surface area contributed by atoms with Crippen LogP contribution in [0.3, 0.4) is 0 Å². The van der Waals surface area contributed by atoms with E-state index >= 15 is 0 Å². The number of halogens is 1. The third-order valence-corrected chi connectivity index (χ3v) is 8.26. The van der Waals surface area contributed by atoms with Gasteiger partial charge in [-0.2, -0.15) is 0 Å². The Morgan fingerprint density at radius 1 is 0.977 bits per heavy atom. The number of H-pyrrole nitrogens is 1. The molecule has 1 fully saturated rings. The van der Waals surface area contributed by atoms with Crippen LogP contribution in [0.25, 0.3) is 10.9 Å². The first kappa shape index (κ1) is 26.8. The number of urea groups is 1. The van der Waals surface area contributed by atoms with E-state index < -0.39 is 24.0 Å². The maximum Gasteiger partial charge on any atom is 0.332 e. The summed E-state index contributed by atoms with van der Waals surface area (Å²) in [5.74, 6) is -0.125. The Bertz CT molecular complexity index is 1900. The highest BCUT2D eigenvalue weighted by atomic mass is 35.5. The minimum absolute atomic E-state index is 0.209. The van der Waals surface area contributed by atoms with E-state index in [4.69, 9.17) is 16.3 Å². The number of ether oxygens (including phenoxy) is 1. The van der Waals surface area contributed by atoms with Crippen molar-refractivity contribution < 1.29 is 19.1 Å². The Hall–Kier alpha value is -5.08. The lowest BCUT2D eigenvalue weighted by Gasteiger charge is -2.36. The monoisotopic (exact) mass is 590 g/mol. The molecule has 214 valence electrons. The Labute approximate surface area is 252 Å². The first-order chi connectivity index (χ1) is 20.9. The second-order valence-electron chi connectivity index (χ2n) is 10.5. The second kappa shape index (κ2) is 10.6. The number of hydrogen-bond donors (Lipinski definition) is 2. The van der Waals surface area contributed by atoms with Gasteiger partial charge < -0.3 is 15.0 Å². The maximum absolute atomic E-state index is 14.3. The van der Waals surface area contributed by atoms with Crippen molar-refractivity contribution in [2.24, 2.45) is 0 Å². The number of imide groups is 1. The van der Waals surface area contributed by atoms with Crippen LogP contribution in [-0.4, -0.2) is 40.4 Å². The molecule has 3 heterocycles. The van der Waals surface area contributed by atoms with Gasteiger partial charge in [-0.25, -0.2) is 9.69 Å². The zero-order valence-electron chi connectivity index (χ0n) is 23.2. The van der Waals surface area contributed by atoms with Crippen molar-refractivity contribution in [1.29, 1.82) is 0 Å². The van der Waals surface area contributed by atoms with Crippen LogP contribution in [0.2, 0.25) is 5.02 Å². The first-order valence-corrected chi connectivity index (χ1v) is 14.5. The van der Waals surface area contributed by atoms with Crippen molar-refractivity contribution in [1.82, 2.24) is 9.88 Å². The lowest BCUT2D eigenvalue weighted by molar-refractivity contribution is -0.120. The van der Waals surface area contributed by atoms with Gasteiger partial charge in [-0.1, -0.05) is 54.1 Å². The standard InChI is InChI=1S/C34H27ClN4O4/c1-2-43-23-16-14-22(15-17-23)36-32(40)25-11-4-6-13-28(25)39-33(41)29-19-26-24-10-3-5-12-27(24)37-30(26)31(38(29)34(39)42)20-8-7-9-21(35)18-20/h3-18,29,31,37H,2,19H2,1H3,(H,36,40)/t29-,31-/m0/s1. The highest BCUT2D eigenvalue weighted by Gasteiger charge is 2.53. The van der Waals surface area contributed by atoms with Crippen molar-refractivity contribution in [3.8, 4) is 5.75 Å². The highest BCUT2D eigenvalue weighted by molar-refractivity contribution is 6.30. The molecule has 2 atom stereocenters. The lowest BCUT2D eigenvalue weighted by Crippen LogP contribution is -2.44. The number of nitrogens with zero attached hydrogens (tertiary/aromatic N) is 2. The minimum Gasteiger partial charge on any atom is -0.494 e. The third kappa shape index (κ3) is 4.51. The van der Waals surface area contributed by atoms with E-state index in [1.165, 1.54) is 0 Å². The number of nitrogens with one attached hydrogen (secondary N) is 2. The number of hydrogen-bond acceptors (Lipinski definition) is 4. The van der Waals surface area contributed by atoms with Gasteiger partial charge in [-0.3, -0.25) is 14.5 Å². The predicted octanol–water partition coefficient (Wildman–Crippen LogP) is 6.96. The summed E-state index contributed by atoms with van der Waals surface area (Å²) in [6.45, 7) is 2.44. The van der Waals surface area contributed by atoms with Gasteiger partial charge in [0.05, 0.1) is 17.9 Å². The largest absolute Gasteiger partial charge is 0.494 e. The van der Waals surface area contributed by atoms with Crippen molar-refractivity contribution in [3.05, 3.63) is 124 Å². The van der Waals surface area contributed by atoms with Gasteiger partial charge in [0.2, 0.25) is 0 Å². The maximum atomic E-state index is 14.3. The lowest BCUT2D eigenvalue weighted by atomic mass is 9.89. The third-order valence-electron chi connectivity index (χ3n) is 8.03. The van der Waals surface area contributed by atoms with Crippen LogP contribution in [-0.2, 0) is 11.2 Å². The minimum atomic E-state index is -0.759. The molecule has 7 rings (SSSR count). The molecule has 0 aliphatic carbocycles. The van der Waals surface area contributed by atoms with Crippen molar-refractivity contribution >= 4 is 51.7 Å². The van der Waals surface area contributed by atoms with Crippen LogP contribution < -0.4 is 15.0 Å². The van der Waals surface area contributed by atoms with E-state index in [1.54, 1.807) is 59.5 Å². The number of fused-ring (bicyclic) bond motifs is 4. The average Bonchev–Trinajstić information content (AvgIpc) is 3.51. The van der Waals surface area contributed by atoms with E-state index in [-0.39, 0.29) is 17.2 Å². The molecule has 2 N–H and O–H groups in total. The summed E-state index contributed by atoms with van der Waals surface area (Å²) in [7, 11) is 0. The van der Waals surface area contributed by atoms with Crippen LogP contribution in [0.5, 0.6) is 5.75 Å². The molecule has 4 amide bonds. The smallest absolute Gasteiger partial charge is 0.332 e. The summed E-state index contributed by atoms with van der Waals surface area (Å²) in [5.41, 5.74) is 4.57. The van der Waals surface area contributed by atoms with Gasteiger partial charge >= 0.3 is 6.03 Å². The summed E-state index contributed by atoms with van der Waals surface area (Å²) in [4.78, 5) is 48.3. The second-order valence-corrected chi connectivity index (χ2v) is 11.0. The van der Waals surface area contributed by atoms with E-state index in [2.05, 4.69) is 10.3 Å². The molecule has 8 nitrogen and oxygen atoms in total. The molecule has 0 saturated carbocycles. The molecule has 5 aromatic rings. The summed E-state index contributed by atoms with van der Waals surface area (Å²) in [6, 6.07) is 27.1. The number of aromatic amines is 1. The Morgan fingerprint density at radius 2 is 1.74 bits per heavy atom. The molecule has 43 heavy (non-hydrogen) atoms. The molecule has 9 heteroatoms. The number of carbonyl (C=O) groups is 3. The summed E-state index contributed by atoms with van der Waals surface area (Å²) >= 11 is 6.41. The van der Waals surface area contributed by atoms with Crippen molar-refractivity contribution in [2.45, 2.75) is 25.4 Å². The zero-order chi connectivity index (χ0) is 29.7. The number of benzene rings is 4. The molecular formula is C34H27ClN4O4. The van der Waals surface area contributed by atoms with Crippen LogP contribution in [0.1, 0.15) is 40.1 Å². The first-order valence-electron chi connectivity index (χ1n) is 14.1. The summed E-state index contributed by atoms with van der Waals surface area (Å²) in [5, 5.41) is 4.42. The molecule has 4 aromatic carbocycles. The van der Waals surface area contributed by atoms with Crippen molar-refractivity contribution in [3.63, 3.8) is 0 Å². The van der Waals surface area contributed by atoms with E-state index in [0.717, 1.165) is 32.6 Å². The molecule has 0 bridgehead atoms. The molecular weight excluding hydrogens is 564 g/mol. The number of anilines is 2. The quantitative estimate of drug-likeness (QED) is 0.209. The summed E-state index contributed by atoms with van der Waals surface area (Å²) < 4.78 is 5.49. The molecule has 0 radical (unpaired) electrons. The van der Waals surface area contributed by atoms with Crippen LogP contribution >= 0.6 is 11.6 Å². The number of carbonyl (C=O) groups excluding carboxylic acids is 3. The Balaban J connectivity index is 1.28. The normalized spacial score (nSPS) is 17.6. The van der Waals surface area contributed by atoms with Crippen LogP contribution in [0.4, 0.5) is 16.2 Å². The van der Waals surface area contributed by atoms with Crippen LogP contribution in [0.15, 0.2) is 97.1 Å². The summed E-state index contributed by atoms with van der Waals surface area (Å²) in [6.07, 6.45) is 0.345.